The lowest BCUT2D eigenvalue weighted by atomic mass is 9.95. The Morgan fingerprint density at radius 2 is 0.651 bits per heavy atom. The first-order chi connectivity index (χ1) is 42.6. The van der Waals surface area contributed by atoms with Crippen LogP contribution in [0.3, 0.4) is 0 Å². The molecule has 6 nitrogen and oxygen atoms in total. The molecule has 0 spiro atoms. The highest BCUT2D eigenvalue weighted by molar-refractivity contribution is 6.25. The molecule has 0 amide bonds. The number of hydrogen-bond acceptors (Lipinski definition) is 4. The van der Waals surface area contributed by atoms with Crippen molar-refractivity contribution in [2.24, 2.45) is 0 Å². The number of hydrogen-bond donors (Lipinski definition) is 0. The lowest BCUT2D eigenvalue weighted by Gasteiger charge is -2.14. The van der Waals surface area contributed by atoms with E-state index in [1.54, 1.807) is 0 Å². The molecule has 0 N–H and O–H groups in total. The van der Waals surface area contributed by atoms with Gasteiger partial charge in [-0.05, 0) is 120 Å². The van der Waals surface area contributed by atoms with E-state index in [1.165, 1.54) is 97.7 Å². The minimum absolute atomic E-state index is 0.651. The normalized spacial score (nSPS) is 11.7. The van der Waals surface area contributed by atoms with Crippen molar-refractivity contribution in [2.45, 2.75) is 0 Å². The third kappa shape index (κ3) is 8.18. The van der Waals surface area contributed by atoms with E-state index >= 15 is 0 Å². The van der Waals surface area contributed by atoms with E-state index in [1.807, 2.05) is 60.7 Å². The van der Waals surface area contributed by atoms with Gasteiger partial charge in [0.2, 0.25) is 0 Å². The molecule has 0 bridgehead atoms. The fourth-order valence-electron chi connectivity index (χ4n) is 13.1. The molecule has 0 saturated heterocycles. The highest BCUT2D eigenvalue weighted by Crippen LogP contribution is 2.41. The zero-order valence-corrected chi connectivity index (χ0v) is 46.6. The second-order valence-corrected chi connectivity index (χ2v) is 22.1. The Hall–Kier alpha value is -11.6. The molecular weight excluding hydrogens is 1040 g/mol. The van der Waals surface area contributed by atoms with Crippen molar-refractivity contribution in [3.8, 4) is 62.1 Å². The summed E-state index contributed by atoms with van der Waals surface area (Å²) in [5.41, 5.74) is 15.5. The molecule has 0 unspecified atom stereocenters. The second kappa shape index (κ2) is 20.1. The Labute approximate surface area is 494 Å². The van der Waals surface area contributed by atoms with Gasteiger partial charge in [0.1, 0.15) is 5.65 Å². The molecular formula is C80H50N6. The van der Waals surface area contributed by atoms with E-state index in [-0.39, 0.29) is 0 Å². The largest absolute Gasteiger partial charge is 0.309 e. The van der Waals surface area contributed by atoms with E-state index in [2.05, 4.69) is 252 Å². The predicted molar refractivity (Wildman–Crippen MR) is 359 cm³/mol. The minimum Gasteiger partial charge on any atom is -0.309 e. The summed E-state index contributed by atoms with van der Waals surface area (Å²) in [4.78, 5) is 19.7. The van der Waals surface area contributed by atoms with Crippen LogP contribution >= 0.6 is 0 Å². The van der Waals surface area contributed by atoms with Gasteiger partial charge in [0, 0.05) is 49.3 Å². The molecule has 0 aliphatic carbocycles. The van der Waals surface area contributed by atoms with E-state index in [0.29, 0.717) is 17.5 Å². The van der Waals surface area contributed by atoms with Crippen LogP contribution in [0.4, 0.5) is 0 Å². The zero-order chi connectivity index (χ0) is 56.7. The van der Waals surface area contributed by atoms with Gasteiger partial charge in [0.05, 0.1) is 27.6 Å². The van der Waals surface area contributed by atoms with Gasteiger partial charge < -0.3 is 4.57 Å². The summed E-state index contributed by atoms with van der Waals surface area (Å²) >= 11 is 0. The Kier molecular flexibility index (Phi) is 11.5. The molecule has 0 aliphatic rings. The van der Waals surface area contributed by atoms with Crippen molar-refractivity contribution in [3.05, 3.63) is 303 Å². The van der Waals surface area contributed by atoms with E-state index < -0.39 is 0 Å². The van der Waals surface area contributed by atoms with Gasteiger partial charge in [0.25, 0.3) is 0 Å². The summed E-state index contributed by atoms with van der Waals surface area (Å²) in [6.45, 7) is 0. The van der Waals surface area contributed by atoms with Gasteiger partial charge in [-0.1, -0.05) is 249 Å². The maximum atomic E-state index is 5.14. The second-order valence-electron chi connectivity index (χ2n) is 22.1. The maximum absolute atomic E-state index is 5.14. The van der Waals surface area contributed by atoms with Gasteiger partial charge >= 0.3 is 0 Å². The number of para-hydroxylation sites is 3. The molecule has 0 saturated carbocycles. The fourth-order valence-corrected chi connectivity index (χ4v) is 13.1. The monoisotopic (exact) mass is 1090 g/mol. The molecule has 6 heteroatoms. The molecule has 4 heterocycles. The molecule has 400 valence electrons. The Morgan fingerprint density at radius 3 is 1.33 bits per heavy atom. The first kappa shape index (κ1) is 49.0. The zero-order valence-electron chi connectivity index (χ0n) is 46.6. The van der Waals surface area contributed by atoms with E-state index in [4.69, 9.17) is 19.9 Å². The third-order valence-corrected chi connectivity index (χ3v) is 17.2. The van der Waals surface area contributed by atoms with Crippen molar-refractivity contribution in [2.75, 3.05) is 0 Å². The molecule has 0 radical (unpaired) electrons. The summed E-state index contributed by atoms with van der Waals surface area (Å²) in [5, 5.41) is 16.4. The number of fused-ring (bicyclic) bond motifs is 18. The van der Waals surface area contributed by atoms with Crippen molar-refractivity contribution in [1.29, 1.82) is 0 Å². The van der Waals surface area contributed by atoms with Crippen LogP contribution in [0.2, 0.25) is 0 Å². The standard InChI is InChI=1S/C43H28N4.C37H22N2/c1-3-12-32(13-4-1)41-44-42(33-14-5-2-6-15-33)46-43(45-41)34-21-19-29(20-22-34)30-23-26-35(27-24-30)47-38-18-10-9-17-37(38)40-36-16-8-7-11-31(36)25-28-39(40)47;1-3-9-28-23(7-1)13-14-25-15-16-26(21-32(25)28)27-18-19-30-35(22-27)39-34-12-6-5-11-33(34)38-37(39)31-20-17-24-8-2-4-10-29(24)36(30)31/h1-28H;1-22H. The van der Waals surface area contributed by atoms with Crippen LogP contribution in [0, 0.1) is 0 Å². The Morgan fingerprint density at radius 1 is 0.221 bits per heavy atom. The first-order valence-corrected chi connectivity index (χ1v) is 29.2. The minimum atomic E-state index is 0.651. The van der Waals surface area contributed by atoms with Crippen molar-refractivity contribution >= 4 is 103 Å². The quantitative estimate of drug-likeness (QED) is 0.156. The summed E-state index contributed by atoms with van der Waals surface area (Å²) in [7, 11) is 0. The van der Waals surface area contributed by atoms with E-state index in [9.17, 15) is 0 Å². The molecule has 0 atom stereocenters. The lowest BCUT2D eigenvalue weighted by molar-refractivity contribution is 1.07. The predicted octanol–water partition coefficient (Wildman–Crippen LogP) is 20.7. The van der Waals surface area contributed by atoms with E-state index in [0.717, 1.165) is 50.2 Å². The highest BCUT2D eigenvalue weighted by atomic mass is 15.0. The Balaban J connectivity index is 0.000000137. The van der Waals surface area contributed by atoms with Crippen molar-refractivity contribution in [3.63, 3.8) is 0 Å². The molecule has 18 aromatic rings. The molecule has 86 heavy (non-hydrogen) atoms. The molecule has 4 aromatic heterocycles. The molecule has 0 fully saturated rings. The highest BCUT2D eigenvalue weighted by Gasteiger charge is 2.19. The summed E-state index contributed by atoms with van der Waals surface area (Å²) in [6.07, 6.45) is 0. The van der Waals surface area contributed by atoms with Crippen LogP contribution in [0.5, 0.6) is 0 Å². The summed E-state index contributed by atoms with van der Waals surface area (Å²) in [6, 6.07) is 108. The number of imidazole rings is 1. The van der Waals surface area contributed by atoms with Crippen LogP contribution in [0.15, 0.2) is 303 Å². The molecule has 14 aromatic carbocycles. The van der Waals surface area contributed by atoms with Crippen molar-refractivity contribution < 1.29 is 0 Å². The van der Waals surface area contributed by atoms with Crippen LogP contribution in [0.25, 0.3) is 165 Å². The molecule has 0 aliphatic heterocycles. The van der Waals surface area contributed by atoms with Crippen LogP contribution in [-0.4, -0.2) is 28.9 Å². The average molecular weight is 1100 g/mol. The van der Waals surface area contributed by atoms with Gasteiger partial charge in [-0.15, -0.1) is 0 Å². The van der Waals surface area contributed by atoms with Gasteiger partial charge in [0.15, 0.2) is 17.5 Å². The smallest absolute Gasteiger partial charge is 0.164 e. The SMILES string of the molecule is c1ccc(-c2nc(-c3ccccc3)nc(-c3ccc(-c4ccc(-n5c6ccccc6c6c7ccccc7ccc65)cc4)cc3)n2)cc1.c1ccc2c(c1)ccc1ccc(-c3ccc4c5c6ccccc6ccc5c5nc6ccccc6n5c4c3)cc12. The summed E-state index contributed by atoms with van der Waals surface area (Å²) in [5.74, 6) is 1.97. The number of rotatable bonds is 6. The average Bonchev–Trinajstić information content (AvgIpc) is 2.10. The van der Waals surface area contributed by atoms with Gasteiger partial charge in [-0.2, -0.15) is 0 Å². The fraction of sp³-hybridized carbons (Fsp3) is 0. The number of aromatic nitrogens is 6. The number of pyridine rings is 1. The maximum Gasteiger partial charge on any atom is 0.164 e. The van der Waals surface area contributed by atoms with Crippen molar-refractivity contribution in [1.82, 2.24) is 28.9 Å². The van der Waals surface area contributed by atoms with Gasteiger partial charge in [-0.25, -0.2) is 19.9 Å². The van der Waals surface area contributed by atoms with Crippen LogP contribution < -0.4 is 0 Å². The van der Waals surface area contributed by atoms with Crippen LogP contribution in [-0.2, 0) is 0 Å². The molecule has 18 rings (SSSR count). The third-order valence-electron chi connectivity index (χ3n) is 17.2. The lowest BCUT2D eigenvalue weighted by Crippen LogP contribution is -2.00. The Bertz CT molecular complexity index is 5630. The topological polar surface area (TPSA) is 60.9 Å². The van der Waals surface area contributed by atoms with Crippen LogP contribution in [0.1, 0.15) is 0 Å². The number of nitrogens with zero attached hydrogens (tertiary/aromatic N) is 6. The number of benzene rings is 14. The van der Waals surface area contributed by atoms with Gasteiger partial charge in [-0.3, -0.25) is 4.40 Å². The summed E-state index contributed by atoms with van der Waals surface area (Å²) < 4.78 is 4.72. The first-order valence-electron chi connectivity index (χ1n) is 29.2.